The van der Waals surface area contributed by atoms with Crippen molar-refractivity contribution in [2.45, 2.75) is 19.4 Å². The number of pyridine rings is 1. The van der Waals surface area contributed by atoms with Crippen molar-refractivity contribution in [3.05, 3.63) is 22.2 Å². The van der Waals surface area contributed by atoms with E-state index in [-0.39, 0.29) is 5.69 Å². The van der Waals surface area contributed by atoms with Crippen LogP contribution in [0.25, 0.3) is 0 Å². The zero-order chi connectivity index (χ0) is 13.7. The quantitative estimate of drug-likeness (QED) is 0.586. The SMILES string of the molecule is CNc1cc([N+](=O)[O-])cc(N(C)CCC(C)O)n1. The van der Waals surface area contributed by atoms with Crippen molar-refractivity contribution in [1.29, 1.82) is 0 Å². The number of aromatic nitrogens is 1. The maximum absolute atomic E-state index is 10.8. The van der Waals surface area contributed by atoms with Crippen LogP contribution in [-0.2, 0) is 0 Å². The maximum Gasteiger partial charge on any atom is 0.276 e. The first-order valence-corrected chi connectivity index (χ1v) is 5.67. The standard InChI is InChI=1S/C11H18N4O3/c1-8(16)4-5-14(3)11-7-9(15(17)18)6-10(12-2)13-11/h6-8,16H,4-5H2,1-3H3,(H,12,13). The Balaban J connectivity index is 2.93. The first-order valence-electron chi connectivity index (χ1n) is 5.67. The molecule has 1 unspecified atom stereocenters. The van der Waals surface area contributed by atoms with Gasteiger partial charge in [-0.25, -0.2) is 4.98 Å². The molecule has 1 atom stereocenters. The minimum absolute atomic E-state index is 0.00625. The minimum Gasteiger partial charge on any atom is -0.393 e. The van der Waals surface area contributed by atoms with Gasteiger partial charge in [-0.1, -0.05) is 0 Å². The molecule has 1 heterocycles. The number of hydrogen-bond acceptors (Lipinski definition) is 6. The number of rotatable bonds is 6. The Hall–Kier alpha value is -1.89. The number of anilines is 2. The number of nitro groups is 1. The normalized spacial score (nSPS) is 12.0. The average Bonchev–Trinajstić information content (AvgIpc) is 2.35. The molecule has 0 saturated carbocycles. The highest BCUT2D eigenvalue weighted by atomic mass is 16.6. The molecule has 1 aromatic heterocycles. The van der Waals surface area contributed by atoms with Gasteiger partial charge in [0.05, 0.1) is 23.2 Å². The van der Waals surface area contributed by atoms with E-state index in [0.717, 1.165) is 0 Å². The van der Waals surface area contributed by atoms with Gasteiger partial charge in [-0.05, 0) is 13.3 Å². The van der Waals surface area contributed by atoms with Crippen LogP contribution < -0.4 is 10.2 Å². The fourth-order valence-electron chi connectivity index (χ4n) is 1.43. The molecule has 0 fully saturated rings. The van der Waals surface area contributed by atoms with E-state index in [1.807, 2.05) is 0 Å². The first-order chi connectivity index (χ1) is 8.43. The molecule has 0 amide bonds. The number of nitrogens with one attached hydrogen (secondary N) is 1. The largest absolute Gasteiger partial charge is 0.393 e. The molecule has 1 rings (SSSR count). The summed E-state index contributed by atoms with van der Waals surface area (Å²) in [6.45, 7) is 2.28. The summed E-state index contributed by atoms with van der Waals surface area (Å²) in [6.07, 6.45) is 0.172. The Kier molecular flexibility index (Phi) is 4.85. The zero-order valence-electron chi connectivity index (χ0n) is 10.8. The lowest BCUT2D eigenvalue weighted by Gasteiger charge is -2.19. The summed E-state index contributed by atoms with van der Waals surface area (Å²) in [6, 6.07) is 2.80. The van der Waals surface area contributed by atoms with E-state index in [2.05, 4.69) is 10.3 Å². The van der Waals surface area contributed by atoms with Gasteiger partial charge in [0.1, 0.15) is 11.6 Å². The maximum atomic E-state index is 10.8. The van der Waals surface area contributed by atoms with Gasteiger partial charge < -0.3 is 15.3 Å². The summed E-state index contributed by atoms with van der Waals surface area (Å²) in [4.78, 5) is 16.4. The molecule has 0 bridgehead atoms. The molecule has 7 nitrogen and oxygen atoms in total. The second-order valence-electron chi connectivity index (χ2n) is 4.14. The predicted octanol–water partition coefficient (Wildman–Crippen LogP) is 1.24. The minimum atomic E-state index is -0.450. The van der Waals surface area contributed by atoms with Gasteiger partial charge in [0.15, 0.2) is 0 Å². The van der Waals surface area contributed by atoms with Crippen LogP contribution >= 0.6 is 0 Å². The lowest BCUT2D eigenvalue weighted by Crippen LogP contribution is -2.23. The highest BCUT2D eigenvalue weighted by Gasteiger charge is 2.13. The van der Waals surface area contributed by atoms with Crippen LogP contribution in [0.5, 0.6) is 0 Å². The summed E-state index contributed by atoms with van der Waals surface area (Å²) in [7, 11) is 3.44. The Morgan fingerprint density at radius 3 is 2.78 bits per heavy atom. The summed E-state index contributed by atoms with van der Waals surface area (Å²) in [5.74, 6) is 0.956. The van der Waals surface area contributed by atoms with Gasteiger partial charge in [0.2, 0.25) is 0 Å². The number of hydrogen-bond donors (Lipinski definition) is 2. The van der Waals surface area contributed by atoms with Crippen molar-refractivity contribution < 1.29 is 10.0 Å². The van der Waals surface area contributed by atoms with E-state index in [4.69, 9.17) is 0 Å². The van der Waals surface area contributed by atoms with Crippen molar-refractivity contribution >= 4 is 17.3 Å². The van der Waals surface area contributed by atoms with Gasteiger partial charge in [-0.15, -0.1) is 0 Å². The van der Waals surface area contributed by atoms with Crippen LogP contribution in [0.4, 0.5) is 17.3 Å². The summed E-state index contributed by atoms with van der Waals surface area (Å²) < 4.78 is 0. The van der Waals surface area contributed by atoms with Crippen LogP contribution in [0.3, 0.4) is 0 Å². The molecule has 2 N–H and O–H groups in total. The molecule has 7 heteroatoms. The third-order valence-electron chi connectivity index (χ3n) is 2.54. The van der Waals surface area contributed by atoms with E-state index in [9.17, 15) is 15.2 Å². The Bertz CT molecular complexity index is 423. The molecule has 0 aliphatic carbocycles. The predicted molar refractivity (Wildman–Crippen MR) is 70.0 cm³/mol. The molecule has 0 aromatic carbocycles. The van der Waals surface area contributed by atoms with Gasteiger partial charge in [-0.2, -0.15) is 0 Å². The van der Waals surface area contributed by atoms with E-state index in [1.165, 1.54) is 12.1 Å². The van der Waals surface area contributed by atoms with Gasteiger partial charge in [-0.3, -0.25) is 10.1 Å². The Morgan fingerprint density at radius 1 is 1.61 bits per heavy atom. The molecule has 0 spiro atoms. The monoisotopic (exact) mass is 254 g/mol. The van der Waals surface area contributed by atoms with Gasteiger partial charge in [0.25, 0.3) is 5.69 Å². The first kappa shape index (κ1) is 14.2. The molecule has 0 aliphatic heterocycles. The van der Waals surface area contributed by atoms with Gasteiger partial charge in [0, 0.05) is 20.6 Å². The highest BCUT2D eigenvalue weighted by Crippen LogP contribution is 2.22. The van der Waals surface area contributed by atoms with Crippen molar-refractivity contribution in [2.75, 3.05) is 30.9 Å². The van der Waals surface area contributed by atoms with Crippen LogP contribution in [-0.4, -0.2) is 41.8 Å². The second kappa shape index (κ2) is 6.15. The molecule has 0 aliphatic rings. The summed E-state index contributed by atoms with van der Waals surface area (Å²) >= 11 is 0. The van der Waals surface area contributed by atoms with Crippen molar-refractivity contribution in [2.24, 2.45) is 0 Å². The third-order valence-corrected chi connectivity index (χ3v) is 2.54. The van der Waals surface area contributed by atoms with Crippen LogP contribution in [0.15, 0.2) is 12.1 Å². The molecular weight excluding hydrogens is 236 g/mol. The van der Waals surface area contributed by atoms with E-state index in [0.29, 0.717) is 24.6 Å². The number of aliphatic hydroxyl groups excluding tert-OH is 1. The van der Waals surface area contributed by atoms with Crippen LogP contribution in [0.2, 0.25) is 0 Å². The number of aliphatic hydroxyl groups is 1. The Labute approximate surface area is 106 Å². The molecule has 1 aromatic rings. The third kappa shape index (κ3) is 3.85. The summed E-state index contributed by atoms with van der Waals surface area (Å²) in [5.41, 5.74) is -0.00625. The zero-order valence-corrected chi connectivity index (χ0v) is 10.8. The fraction of sp³-hybridized carbons (Fsp3) is 0.545. The molecular formula is C11H18N4O3. The summed E-state index contributed by atoms with van der Waals surface area (Å²) in [5, 5.41) is 22.8. The van der Waals surface area contributed by atoms with E-state index >= 15 is 0 Å². The van der Waals surface area contributed by atoms with Gasteiger partial charge >= 0.3 is 0 Å². The van der Waals surface area contributed by atoms with Crippen LogP contribution in [0, 0.1) is 10.1 Å². The lowest BCUT2D eigenvalue weighted by atomic mass is 10.2. The lowest BCUT2D eigenvalue weighted by molar-refractivity contribution is -0.384. The van der Waals surface area contributed by atoms with Crippen molar-refractivity contribution in [3.8, 4) is 0 Å². The fourth-order valence-corrected chi connectivity index (χ4v) is 1.43. The topological polar surface area (TPSA) is 91.5 Å². The Morgan fingerprint density at radius 2 is 2.28 bits per heavy atom. The molecule has 0 radical (unpaired) electrons. The average molecular weight is 254 g/mol. The highest BCUT2D eigenvalue weighted by molar-refractivity contribution is 5.55. The van der Waals surface area contributed by atoms with E-state index < -0.39 is 11.0 Å². The molecule has 18 heavy (non-hydrogen) atoms. The second-order valence-corrected chi connectivity index (χ2v) is 4.14. The van der Waals surface area contributed by atoms with Crippen molar-refractivity contribution in [1.82, 2.24) is 4.98 Å². The smallest absolute Gasteiger partial charge is 0.276 e. The van der Waals surface area contributed by atoms with E-state index in [1.54, 1.807) is 25.9 Å². The van der Waals surface area contributed by atoms with Crippen molar-refractivity contribution in [3.63, 3.8) is 0 Å². The molecule has 100 valence electrons. The molecule has 0 saturated heterocycles. The van der Waals surface area contributed by atoms with Crippen LogP contribution in [0.1, 0.15) is 13.3 Å². The number of nitrogens with zero attached hydrogens (tertiary/aromatic N) is 3.